The minimum atomic E-state index is -0.449. The minimum absolute atomic E-state index is 0.150. The summed E-state index contributed by atoms with van der Waals surface area (Å²) in [7, 11) is 0. The molecular formula is C18H27NO4. The summed E-state index contributed by atoms with van der Waals surface area (Å²) >= 11 is 0. The molecule has 2 unspecified atom stereocenters. The first kappa shape index (κ1) is 16.6. The summed E-state index contributed by atoms with van der Waals surface area (Å²) in [6.07, 6.45) is 1.96. The number of β-amino-alcohol motifs (C(OH)–C–C–N with tert-alkyl or cyclic N) is 1. The molecule has 2 heterocycles. The van der Waals surface area contributed by atoms with Crippen molar-refractivity contribution in [2.45, 2.75) is 44.9 Å². The van der Waals surface area contributed by atoms with Crippen molar-refractivity contribution in [1.82, 2.24) is 4.90 Å². The molecule has 2 aliphatic rings. The fraction of sp³-hybridized carbons (Fsp3) is 0.667. The highest BCUT2D eigenvalue weighted by Gasteiger charge is 2.28. The van der Waals surface area contributed by atoms with Gasteiger partial charge in [0, 0.05) is 12.6 Å². The molecule has 0 radical (unpaired) electrons. The number of benzene rings is 1. The molecule has 0 aliphatic carbocycles. The van der Waals surface area contributed by atoms with Crippen LogP contribution in [0, 0.1) is 0 Å². The summed E-state index contributed by atoms with van der Waals surface area (Å²) in [5.41, 5.74) is 1.24. The van der Waals surface area contributed by atoms with Crippen LogP contribution in [-0.4, -0.2) is 55.1 Å². The Bertz CT molecular complexity index is 520. The number of nitrogens with zero attached hydrogens (tertiary/aromatic N) is 1. The zero-order valence-electron chi connectivity index (χ0n) is 14.0. The van der Waals surface area contributed by atoms with Crippen LogP contribution in [0.5, 0.6) is 11.5 Å². The van der Waals surface area contributed by atoms with Gasteiger partial charge < -0.3 is 19.3 Å². The zero-order chi connectivity index (χ0) is 16.2. The van der Waals surface area contributed by atoms with Gasteiger partial charge in [-0.15, -0.1) is 0 Å². The van der Waals surface area contributed by atoms with Gasteiger partial charge in [0.25, 0.3) is 0 Å². The van der Waals surface area contributed by atoms with Crippen LogP contribution in [-0.2, 0) is 4.74 Å². The second-order valence-electron chi connectivity index (χ2n) is 6.59. The van der Waals surface area contributed by atoms with Crippen molar-refractivity contribution in [1.29, 1.82) is 0 Å². The van der Waals surface area contributed by atoms with Gasteiger partial charge in [0.05, 0.1) is 18.8 Å². The van der Waals surface area contributed by atoms with Crippen LogP contribution in [0.4, 0.5) is 0 Å². The Labute approximate surface area is 138 Å². The average Bonchev–Trinajstić information content (AvgIpc) is 3.00. The third-order valence-corrected chi connectivity index (χ3v) is 4.38. The highest BCUT2D eigenvalue weighted by Crippen LogP contribution is 2.38. The van der Waals surface area contributed by atoms with E-state index in [0.29, 0.717) is 32.4 Å². The topological polar surface area (TPSA) is 51.2 Å². The summed E-state index contributed by atoms with van der Waals surface area (Å²) in [6, 6.07) is 6.54. The van der Waals surface area contributed by atoms with Crippen LogP contribution < -0.4 is 9.47 Å². The second kappa shape index (κ2) is 7.51. The Kier molecular flexibility index (Phi) is 5.41. The van der Waals surface area contributed by atoms with Gasteiger partial charge in [0.15, 0.2) is 11.5 Å². The van der Waals surface area contributed by atoms with Crippen LogP contribution in [0.1, 0.15) is 38.3 Å². The first-order chi connectivity index (χ1) is 11.1. The predicted molar refractivity (Wildman–Crippen MR) is 88.1 cm³/mol. The monoisotopic (exact) mass is 321 g/mol. The summed E-state index contributed by atoms with van der Waals surface area (Å²) in [5, 5.41) is 10.2. The third kappa shape index (κ3) is 4.16. The molecule has 3 rings (SSSR count). The lowest BCUT2D eigenvalue weighted by molar-refractivity contribution is -0.0101. The molecule has 2 aliphatic heterocycles. The van der Waals surface area contributed by atoms with E-state index in [9.17, 15) is 5.11 Å². The van der Waals surface area contributed by atoms with E-state index in [1.807, 2.05) is 19.9 Å². The summed E-state index contributed by atoms with van der Waals surface area (Å²) in [6.45, 7) is 7.24. The molecule has 1 aromatic rings. The molecule has 1 N–H and O–H groups in total. The fourth-order valence-electron chi connectivity index (χ4n) is 3.32. The maximum atomic E-state index is 10.2. The molecule has 0 bridgehead atoms. The Morgan fingerprint density at radius 3 is 2.83 bits per heavy atom. The largest absolute Gasteiger partial charge is 0.486 e. The highest BCUT2D eigenvalue weighted by atomic mass is 16.6. The lowest BCUT2D eigenvalue weighted by Crippen LogP contribution is -2.35. The van der Waals surface area contributed by atoms with E-state index in [0.717, 1.165) is 30.9 Å². The van der Waals surface area contributed by atoms with Gasteiger partial charge in [-0.2, -0.15) is 0 Å². The Morgan fingerprint density at radius 2 is 2.04 bits per heavy atom. The SMILES string of the molecule is CC(C)OCC(O)CN1CCCC1c1ccc2c(c1)OCCO2. The molecule has 1 fully saturated rings. The molecule has 2 atom stereocenters. The van der Waals surface area contributed by atoms with Gasteiger partial charge in [-0.05, 0) is 50.9 Å². The number of ether oxygens (including phenoxy) is 3. The molecule has 0 amide bonds. The van der Waals surface area contributed by atoms with Crippen molar-refractivity contribution in [3.05, 3.63) is 23.8 Å². The van der Waals surface area contributed by atoms with Crippen molar-refractivity contribution in [3.8, 4) is 11.5 Å². The molecule has 23 heavy (non-hydrogen) atoms. The van der Waals surface area contributed by atoms with Gasteiger partial charge in [0.2, 0.25) is 0 Å². The first-order valence-electron chi connectivity index (χ1n) is 8.56. The predicted octanol–water partition coefficient (Wildman–Crippen LogP) is 2.38. The molecule has 1 saturated heterocycles. The number of rotatable bonds is 6. The van der Waals surface area contributed by atoms with Gasteiger partial charge >= 0.3 is 0 Å². The average molecular weight is 321 g/mol. The molecule has 1 aromatic carbocycles. The lowest BCUT2D eigenvalue weighted by atomic mass is 10.0. The smallest absolute Gasteiger partial charge is 0.161 e. The highest BCUT2D eigenvalue weighted by molar-refractivity contribution is 5.44. The van der Waals surface area contributed by atoms with Gasteiger partial charge in [-0.1, -0.05) is 6.07 Å². The van der Waals surface area contributed by atoms with Crippen LogP contribution in [0.15, 0.2) is 18.2 Å². The lowest BCUT2D eigenvalue weighted by Gasteiger charge is -2.28. The van der Waals surface area contributed by atoms with Crippen LogP contribution in [0.25, 0.3) is 0 Å². The number of aliphatic hydroxyl groups excluding tert-OH is 1. The van der Waals surface area contributed by atoms with Gasteiger partial charge in [0.1, 0.15) is 13.2 Å². The standard InChI is InChI=1S/C18H27NO4/c1-13(2)23-12-15(20)11-19-7-3-4-16(19)14-5-6-17-18(10-14)22-9-8-21-17/h5-6,10,13,15-16,20H,3-4,7-9,11-12H2,1-2H3. The maximum Gasteiger partial charge on any atom is 0.161 e. The number of aliphatic hydroxyl groups is 1. The van der Waals surface area contributed by atoms with Crippen LogP contribution in [0.3, 0.4) is 0 Å². The van der Waals surface area contributed by atoms with E-state index >= 15 is 0 Å². The van der Waals surface area contributed by atoms with Crippen molar-refractivity contribution in [2.75, 3.05) is 32.9 Å². The first-order valence-corrected chi connectivity index (χ1v) is 8.56. The zero-order valence-corrected chi connectivity index (χ0v) is 14.0. The van der Waals surface area contributed by atoms with Gasteiger partial charge in [-0.3, -0.25) is 4.90 Å². The van der Waals surface area contributed by atoms with E-state index in [1.54, 1.807) is 0 Å². The molecule has 0 saturated carbocycles. The number of hydrogen-bond donors (Lipinski definition) is 1. The minimum Gasteiger partial charge on any atom is -0.486 e. The fourth-order valence-corrected chi connectivity index (χ4v) is 3.32. The Balaban J connectivity index is 1.64. The molecule has 0 spiro atoms. The molecular weight excluding hydrogens is 294 g/mol. The van der Waals surface area contributed by atoms with Crippen molar-refractivity contribution in [3.63, 3.8) is 0 Å². The second-order valence-corrected chi connectivity index (χ2v) is 6.59. The third-order valence-electron chi connectivity index (χ3n) is 4.38. The molecule has 5 nitrogen and oxygen atoms in total. The van der Waals surface area contributed by atoms with Crippen LogP contribution >= 0.6 is 0 Å². The maximum absolute atomic E-state index is 10.2. The van der Waals surface area contributed by atoms with Crippen molar-refractivity contribution >= 4 is 0 Å². The van der Waals surface area contributed by atoms with E-state index in [1.165, 1.54) is 5.56 Å². The number of hydrogen-bond acceptors (Lipinski definition) is 5. The quantitative estimate of drug-likeness (QED) is 0.872. The van der Waals surface area contributed by atoms with Gasteiger partial charge in [-0.25, -0.2) is 0 Å². The summed E-state index contributed by atoms with van der Waals surface area (Å²) in [4.78, 5) is 2.35. The Morgan fingerprint density at radius 1 is 1.26 bits per heavy atom. The van der Waals surface area contributed by atoms with E-state index < -0.39 is 6.10 Å². The van der Waals surface area contributed by atoms with Crippen LogP contribution in [0.2, 0.25) is 0 Å². The van der Waals surface area contributed by atoms with E-state index in [-0.39, 0.29) is 6.10 Å². The van der Waals surface area contributed by atoms with Crippen molar-refractivity contribution in [2.24, 2.45) is 0 Å². The van der Waals surface area contributed by atoms with Crippen molar-refractivity contribution < 1.29 is 19.3 Å². The van der Waals surface area contributed by atoms with E-state index in [2.05, 4.69) is 17.0 Å². The van der Waals surface area contributed by atoms with E-state index in [4.69, 9.17) is 14.2 Å². The Hall–Kier alpha value is -1.30. The number of fused-ring (bicyclic) bond motifs is 1. The molecule has 128 valence electrons. The number of likely N-dealkylation sites (tertiary alicyclic amines) is 1. The summed E-state index contributed by atoms with van der Waals surface area (Å²) < 4.78 is 16.8. The molecule has 0 aromatic heterocycles. The summed E-state index contributed by atoms with van der Waals surface area (Å²) in [5.74, 6) is 1.67. The molecule has 5 heteroatoms. The normalized spacial score (nSPS) is 22.5.